The molecule has 2 fully saturated rings. The van der Waals surface area contributed by atoms with E-state index in [1.807, 2.05) is 0 Å². The Hall–Kier alpha value is -1.56. The summed E-state index contributed by atoms with van der Waals surface area (Å²) in [6, 6.07) is 5.19. The summed E-state index contributed by atoms with van der Waals surface area (Å²) >= 11 is 1.45. The number of carboxylic acid groups (broad SMARTS) is 1. The van der Waals surface area contributed by atoms with Gasteiger partial charge in [-0.15, -0.1) is 11.8 Å². The SMILES string of the molecule is O=C(O)C1CSCN1C(=O)C1(c2ccc(F)cc2)CC1. The second-order valence-corrected chi connectivity index (χ2v) is 6.22. The lowest BCUT2D eigenvalue weighted by Gasteiger charge is -2.26. The van der Waals surface area contributed by atoms with E-state index in [9.17, 15) is 14.0 Å². The fraction of sp³-hybridized carbons (Fsp3) is 0.429. The molecule has 1 heterocycles. The molecule has 106 valence electrons. The average molecular weight is 295 g/mol. The summed E-state index contributed by atoms with van der Waals surface area (Å²) in [6.07, 6.45) is 1.40. The molecule has 1 aromatic carbocycles. The van der Waals surface area contributed by atoms with E-state index in [1.54, 1.807) is 12.1 Å². The fourth-order valence-corrected chi connectivity index (χ4v) is 3.79. The number of thioether (sulfide) groups is 1. The minimum Gasteiger partial charge on any atom is -0.480 e. The van der Waals surface area contributed by atoms with Gasteiger partial charge in [-0.25, -0.2) is 9.18 Å². The quantitative estimate of drug-likeness (QED) is 0.924. The van der Waals surface area contributed by atoms with Crippen LogP contribution in [0.25, 0.3) is 0 Å². The van der Waals surface area contributed by atoms with Gasteiger partial charge in [0.25, 0.3) is 0 Å². The topological polar surface area (TPSA) is 57.6 Å². The first-order valence-corrected chi connectivity index (χ1v) is 7.58. The molecule has 4 nitrogen and oxygen atoms in total. The van der Waals surface area contributed by atoms with Gasteiger partial charge in [0.15, 0.2) is 0 Å². The molecule has 0 aromatic heterocycles. The van der Waals surface area contributed by atoms with Crippen molar-refractivity contribution in [2.24, 2.45) is 0 Å². The van der Waals surface area contributed by atoms with Gasteiger partial charge in [0.1, 0.15) is 11.9 Å². The molecule has 1 saturated heterocycles. The van der Waals surface area contributed by atoms with Gasteiger partial charge < -0.3 is 10.0 Å². The van der Waals surface area contributed by atoms with Gasteiger partial charge in [-0.2, -0.15) is 0 Å². The molecule has 1 amide bonds. The smallest absolute Gasteiger partial charge is 0.327 e. The van der Waals surface area contributed by atoms with Crippen LogP contribution in [0.5, 0.6) is 0 Å². The largest absolute Gasteiger partial charge is 0.480 e. The molecule has 1 unspecified atom stereocenters. The van der Waals surface area contributed by atoms with Crippen molar-refractivity contribution in [1.29, 1.82) is 0 Å². The van der Waals surface area contributed by atoms with E-state index >= 15 is 0 Å². The number of carbonyl (C=O) groups excluding carboxylic acids is 1. The number of halogens is 1. The Morgan fingerprint density at radius 2 is 1.95 bits per heavy atom. The van der Waals surface area contributed by atoms with Crippen LogP contribution in [0.4, 0.5) is 4.39 Å². The van der Waals surface area contributed by atoms with Crippen LogP contribution in [0.2, 0.25) is 0 Å². The van der Waals surface area contributed by atoms with Crippen molar-refractivity contribution in [3.63, 3.8) is 0 Å². The first-order valence-electron chi connectivity index (χ1n) is 6.42. The summed E-state index contributed by atoms with van der Waals surface area (Å²) in [5.74, 6) is -0.587. The Labute approximate surface area is 120 Å². The average Bonchev–Trinajstić information content (AvgIpc) is 3.08. The lowest BCUT2D eigenvalue weighted by Crippen LogP contribution is -2.46. The highest BCUT2D eigenvalue weighted by Gasteiger charge is 2.55. The molecule has 1 aliphatic heterocycles. The van der Waals surface area contributed by atoms with E-state index in [4.69, 9.17) is 5.11 Å². The van der Waals surface area contributed by atoms with Crippen LogP contribution >= 0.6 is 11.8 Å². The predicted molar refractivity (Wildman–Crippen MR) is 72.9 cm³/mol. The molecule has 20 heavy (non-hydrogen) atoms. The second kappa shape index (κ2) is 4.77. The molecule has 3 rings (SSSR count). The van der Waals surface area contributed by atoms with E-state index in [2.05, 4.69) is 0 Å². The number of carbonyl (C=O) groups is 2. The number of benzene rings is 1. The molecule has 1 saturated carbocycles. The van der Waals surface area contributed by atoms with Crippen LogP contribution in [0.3, 0.4) is 0 Å². The molecule has 0 spiro atoms. The second-order valence-electron chi connectivity index (χ2n) is 5.22. The van der Waals surface area contributed by atoms with Crippen LogP contribution < -0.4 is 0 Å². The fourth-order valence-electron chi connectivity index (χ4n) is 2.64. The molecule has 1 aromatic rings. The first kappa shape index (κ1) is 13.4. The third kappa shape index (κ3) is 2.08. The van der Waals surface area contributed by atoms with Crippen molar-refractivity contribution in [2.45, 2.75) is 24.3 Å². The Balaban J connectivity index is 1.86. The van der Waals surface area contributed by atoms with Crippen LogP contribution in [-0.4, -0.2) is 39.6 Å². The Morgan fingerprint density at radius 3 is 2.50 bits per heavy atom. The molecular formula is C14H14FNO3S. The third-order valence-corrected chi connectivity index (χ3v) is 5.00. The van der Waals surface area contributed by atoms with Gasteiger partial charge in [0, 0.05) is 5.75 Å². The minimum atomic E-state index is -0.960. The summed E-state index contributed by atoms with van der Waals surface area (Å²) in [5.41, 5.74) is 0.150. The molecule has 1 aliphatic carbocycles. The summed E-state index contributed by atoms with van der Waals surface area (Å²) in [5, 5.41) is 9.17. The van der Waals surface area contributed by atoms with Crippen molar-refractivity contribution < 1.29 is 19.1 Å². The number of carboxylic acids is 1. The van der Waals surface area contributed by atoms with Crippen LogP contribution in [0.15, 0.2) is 24.3 Å². The van der Waals surface area contributed by atoms with Gasteiger partial charge in [-0.3, -0.25) is 4.79 Å². The Bertz CT molecular complexity index is 556. The lowest BCUT2D eigenvalue weighted by molar-refractivity contribution is -0.148. The minimum absolute atomic E-state index is 0.137. The number of aliphatic carboxylic acids is 1. The number of nitrogens with zero attached hydrogens (tertiary/aromatic N) is 1. The maximum atomic E-state index is 13.0. The van der Waals surface area contributed by atoms with E-state index in [-0.39, 0.29) is 11.7 Å². The molecular weight excluding hydrogens is 281 g/mol. The van der Waals surface area contributed by atoms with E-state index in [1.165, 1.54) is 28.8 Å². The van der Waals surface area contributed by atoms with Gasteiger partial charge in [0.2, 0.25) is 5.91 Å². The molecule has 2 aliphatic rings. The van der Waals surface area contributed by atoms with E-state index in [0.717, 1.165) is 5.56 Å². The van der Waals surface area contributed by atoms with E-state index < -0.39 is 17.4 Å². The summed E-state index contributed by atoms with van der Waals surface area (Å²) in [4.78, 5) is 25.3. The summed E-state index contributed by atoms with van der Waals surface area (Å²) < 4.78 is 13.0. The first-order chi connectivity index (χ1) is 9.54. The number of rotatable bonds is 3. The molecule has 0 radical (unpaired) electrons. The maximum absolute atomic E-state index is 13.0. The zero-order valence-electron chi connectivity index (χ0n) is 10.7. The van der Waals surface area contributed by atoms with Gasteiger partial charge in [-0.1, -0.05) is 12.1 Å². The monoisotopic (exact) mass is 295 g/mol. The highest BCUT2D eigenvalue weighted by molar-refractivity contribution is 7.99. The standard InChI is InChI=1S/C14H14FNO3S/c15-10-3-1-9(2-4-10)14(5-6-14)13(19)16-8-20-7-11(16)12(17)18/h1-4,11H,5-8H2,(H,17,18). The van der Waals surface area contributed by atoms with Crippen molar-refractivity contribution in [2.75, 3.05) is 11.6 Å². The Morgan fingerprint density at radius 1 is 1.30 bits per heavy atom. The van der Waals surface area contributed by atoms with Crippen molar-refractivity contribution in [3.05, 3.63) is 35.6 Å². The van der Waals surface area contributed by atoms with E-state index in [0.29, 0.717) is 24.5 Å². The van der Waals surface area contributed by atoms with Gasteiger partial charge >= 0.3 is 5.97 Å². The zero-order valence-corrected chi connectivity index (χ0v) is 11.5. The Kier molecular flexibility index (Phi) is 3.20. The number of hydrogen-bond donors (Lipinski definition) is 1. The predicted octanol–water partition coefficient (Wildman–Crippen LogP) is 1.84. The number of amides is 1. The molecule has 1 atom stereocenters. The zero-order chi connectivity index (χ0) is 14.3. The van der Waals surface area contributed by atoms with Crippen LogP contribution in [0, 0.1) is 5.82 Å². The number of hydrogen-bond acceptors (Lipinski definition) is 3. The molecule has 6 heteroatoms. The maximum Gasteiger partial charge on any atom is 0.327 e. The third-order valence-electron chi connectivity index (χ3n) is 3.98. The lowest BCUT2D eigenvalue weighted by atomic mass is 9.94. The highest BCUT2D eigenvalue weighted by atomic mass is 32.2. The van der Waals surface area contributed by atoms with Crippen molar-refractivity contribution in [3.8, 4) is 0 Å². The summed E-state index contributed by atoms with van der Waals surface area (Å²) in [7, 11) is 0. The van der Waals surface area contributed by atoms with Crippen molar-refractivity contribution in [1.82, 2.24) is 4.90 Å². The normalized spacial score (nSPS) is 23.6. The van der Waals surface area contributed by atoms with Crippen LogP contribution in [-0.2, 0) is 15.0 Å². The van der Waals surface area contributed by atoms with Gasteiger partial charge in [0.05, 0.1) is 11.3 Å². The van der Waals surface area contributed by atoms with Crippen molar-refractivity contribution >= 4 is 23.6 Å². The highest BCUT2D eigenvalue weighted by Crippen LogP contribution is 2.50. The molecule has 1 N–H and O–H groups in total. The summed E-state index contributed by atoms with van der Waals surface area (Å²) in [6.45, 7) is 0. The van der Waals surface area contributed by atoms with Crippen LogP contribution in [0.1, 0.15) is 18.4 Å². The molecule has 0 bridgehead atoms. The van der Waals surface area contributed by atoms with Gasteiger partial charge in [-0.05, 0) is 30.5 Å².